The van der Waals surface area contributed by atoms with Gasteiger partial charge in [0.15, 0.2) is 5.76 Å². The molecule has 0 aromatic carbocycles. The number of rotatable bonds is 6. The van der Waals surface area contributed by atoms with Crippen LogP contribution in [0.25, 0.3) is 0 Å². The van der Waals surface area contributed by atoms with Crippen LogP contribution in [0.3, 0.4) is 0 Å². The van der Waals surface area contributed by atoms with Crippen molar-refractivity contribution in [2.75, 3.05) is 13.1 Å². The number of amides is 1. The van der Waals surface area contributed by atoms with Crippen LogP contribution >= 0.6 is 0 Å². The molecule has 1 aliphatic heterocycles. The van der Waals surface area contributed by atoms with Crippen molar-refractivity contribution in [3.05, 3.63) is 72.2 Å². The summed E-state index contributed by atoms with van der Waals surface area (Å²) in [4.78, 5) is 18.6. The summed E-state index contributed by atoms with van der Waals surface area (Å²) < 4.78 is 7.20. The molecule has 1 atom stereocenters. The number of pyridine rings is 1. The Morgan fingerprint density at radius 3 is 3.04 bits per heavy atom. The highest BCUT2D eigenvalue weighted by Crippen LogP contribution is 2.24. The van der Waals surface area contributed by atoms with Gasteiger partial charge in [0.1, 0.15) is 0 Å². The Morgan fingerprint density at radius 2 is 2.23 bits per heavy atom. The van der Waals surface area contributed by atoms with Crippen LogP contribution in [0.2, 0.25) is 0 Å². The number of hydrogen-bond donors (Lipinski definition) is 1. The van der Waals surface area contributed by atoms with Crippen molar-refractivity contribution in [3.63, 3.8) is 0 Å². The van der Waals surface area contributed by atoms with E-state index >= 15 is 0 Å². The average Bonchev–Trinajstić information content (AvgIpc) is 3.34. The monoisotopic (exact) mass is 351 g/mol. The van der Waals surface area contributed by atoms with E-state index in [0.29, 0.717) is 12.3 Å². The molecule has 7 nitrogen and oxygen atoms in total. The minimum absolute atomic E-state index is 0.182. The second kappa shape index (κ2) is 7.53. The fourth-order valence-corrected chi connectivity index (χ4v) is 3.40. The highest BCUT2D eigenvalue weighted by atomic mass is 16.3. The van der Waals surface area contributed by atoms with Crippen LogP contribution in [0, 0.1) is 0 Å². The fourth-order valence-electron chi connectivity index (χ4n) is 3.40. The van der Waals surface area contributed by atoms with Gasteiger partial charge in [-0.2, -0.15) is 5.10 Å². The summed E-state index contributed by atoms with van der Waals surface area (Å²) in [5, 5.41) is 7.39. The first-order valence-electron chi connectivity index (χ1n) is 8.75. The van der Waals surface area contributed by atoms with Crippen molar-refractivity contribution in [1.29, 1.82) is 0 Å². The van der Waals surface area contributed by atoms with E-state index in [1.54, 1.807) is 18.3 Å². The molecule has 0 aliphatic carbocycles. The highest BCUT2D eigenvalue weighted by Gasteiger charge is 2.25. The normalized spacial score (nSPS) is 17.0. The molecule has 3 aromatic heterocycles. The van der Waals surface area contributed by atoms with Crippen molar-refractivity contribution in [2.45, 2.75) is 25.6 Å². The Balaban J connectivity index is 1.38. The molecule has 0 bridgehead atoms. The van der Waals surface area contributed by atoms with E-state index in [1.165, 1.54) is 17.5 Å². The largest absolute Gasteiger partial charge is 0.459 e. The zero-order valence-corrected chi connectivity index (χ0v) is 14.4. The molecule has 0 radical (unpaired) electrons. The van der Waals surface area contributed by atoms with Gasteiger partial charge in [-0.25, -0.2) is 0 Å². The number of fused-ring (bicyclic) bond motifs is 1. The number of nitrogens with one attached hydrogen (secondary N) is 1. The quantitative estimate of drug-likeness (QED) is 0.737. The van der Waals surface area contributed by atoms with Crippen LogP contribution in [0.5, 0.6) is 0 Å². The smallest absolute Gasteiger partial charge is 0.286 e. The van der Waals surface area contributed by atoms with Crippen molar-refractivity contribution in [3.8, 4) is 0 Å². The van der Waals surface area contributed by atoms with Crippen molar-refractivity contribution >= 4 is 5.91 Å². The lowest BCUT2D eigenvalue weighted by atomic mass is 10.1. The van der Waals surface area contributed by atoms with Gasteiger partial charge in [0, 0.05) is 44.8 Å². The van der Waals surface area contributed by atoms with Gasteiger partial charge in [0.25, 0.3) is 5.91 Å². The molecule has 7 heteroatoms. The molecule has 4 rings (SSSR count). The molecule has 0 fully saturated rings. The minimum Gasteiger partial charge on any atom is -0.459 e. The number of nitrogens with zero attached hydrogens (tertiary/aromatic N) is 4. The molecule has 4 heterocycles. The zero-order valence-electron chi connectivity index (χ0n) is 14.4. The summed E-state index contributed by atoms with van der Waals surface area (Å²) >= 11 is 0. The molecular formula is C19H21N5O2. The topological polar surface area (TPSA) is 76.2 Å². The summed E-state index contributed by atoms with van der Waals surface area (Å²) in [7, 11) is 0. The molecule has 134 valence electrons. The van der Waals surface area contributed by atoms with Crippen LogP contribution in [-0.4, -0.2) is 38.7 Å². The van der Waals surface area contributed by atoms with E-state index < -0.39 is 0 Å². The number of carbonyl (C=O) groups is 1. The summed E-state index contributed by atoms with van der Waals surface area (Å²) in [6.45, 7) is 3.18. The third kappa shape index (κ3) is 3.67. The molecule has 0 saturated heterocycles. The summed E-state index contributed by atoms with van der Waals surface area (Å²) in [5.41, 5.74) is 2.40. The fraction of sp³-hybridized carbons (Fsp3) is 0.316. The van der Waals surface area contributed by atoms with Gasteiger partial charge in [-0.3, -0.25) is 19.4 Å². The second-order valence-electron chi connectivity index (χ2n) is 6.47. The third-order valence-electron chi connectivity index (χ3n) is 4.59. The van der Waals surface area contributed by atoms with Crippen LogP contribution < -0.4 is 5.32 Å². The maximum Gasteiger partial charge on any atom is 0.286 e. The van der Waals surface area contributed by atoms with Gasteiger partial charge in [-0.15, -0.1) is 0 Å². The van der Waals surface area contributed by atoms with E-state index in [-0.39, 0.29) is 11.9 Å². The predicted molar refractivity (Wildman–Crippen MR) is 95.3 cm³/mol. The molecule has 26 heavy (non-hydrogen) atoms. The Bertz CT molecular complexity index is 844. The van der Waals surface area contributed by atoms with Gasteiger partial charge in [0.2, 0.25) is 0 Å². The van der Waals surface area contributed by atoms with Gasteiger partial charge in [-0.05, 0) is 36.2 Å². The summed E-state index contributed by atoms with van der Waals surface area (Å²) in [6, 6.07) is 9.72. The lowest BCUT2D eigenvalue weighted by Gasteiger charge is -2.34. The molecule has 0 saturated carbocycles. The Kier molecular flexibility index (Phi) is 4.79. The maximum absolute atomic E-state index is 12.0. The molecule has 1 N–H and O–H groups in total. The molecule has 3 aromatic rings. The molecule has 0 spiro atoms. The summed E-state index contributed by atoms with van der Waals surface area (Å²) in [5.74, 6) is 0.158. The van der Waals surface area contributed by atoms with Gasteiger partial charge >= 0.3 is 0 Å². The molecule has 1 amide bonds. The molecular weight excluding hydrogens is 330 g/mol. The minimum atomic E-state index is -0.182. The van der Waals surface area contributed by atoms with E-state index in [4.69, 9.17) is 4.42 Å². The second-order valence-corrected chi connectivity index (χ2v) is 6.47. The van der Waals surface area contributed by atoms with E-state index in [9.17, 15) is 4.79 Å². The summed E-state index contributed by atoms with van der Waals surface area (Å²) in [6.07, 6.45) is 7.86. The Labute approximate surface area is 151 Å². The Hall–Kier alpha value is -2.93. The lowest BCUT2D eigenvalue weighted by molar-refractivity contribution is 0.0919. The van der Waals surface area contributed by atoms with Crippen LogP contribution in [0.4, 0.5) is 0 Å². The van der Waals surface area contributed by atoms with Crippen molar-refractivity contribution in [2.24, 2.45) is 0 Å². The van der Waals surface area contributed by atoms with Gasteiger partial charge in [-0.1, -0.05) is 6.07 Å². The lowest BCUT2D eigenvalue weighted by Crippen LogP contribution is -2.39. The van der Waals surface area contributed by atoms with Gasteiger partial charge < -0.3 is 9.73 Å². The first-order valence-corrected chi connectivity index (χ1v) is 8.75. The van der Waals surface area contributed by atoms with E-state index in [2.05, 4.69) is 37.1 Å². The highest BCUT2D eigenvalue weighted by molar-refractivity contribution is 5.91. The number of furan rings is 1. The molecule has 1 unspecified atom stereocenters. The standard InChI is InChI=1S/C19H21N5O2/c25-19(18-4-2-10-26-18)21-8-5-16-13-23(12-15-3-1-7-20-11-15)14-17-6-9-22-24(16)17/h1-4,6-7,9-11,16H,5,8,12-14H2,(H,21,25). The van der Waals surface area contributed by atoms with Crippen LogP contribution in [-0.2, 0) is 13.1 Å². The number of hydrogen-bond acceptors (Lipinski definition) is 5. The van der Waals surface area contributed by atoms with Crippen LogP contribution in [0.15, 0.2) is 59.6 Å². The van der Waals surface area contributed by atoms with E-state index in [0.717, 1.165) is 26.1 Å². The first-order chi connectivity index (χ1) is 12.8. The van der Waals surface area contributed by atoms with Crippen LogP contribution in [0.1, 0.15) is 34.3 Å². The Morgan fingerprint density at radius 1 is 1.27 bits per heavy atom. The van der Waals surface area contributed by atoms with E-state index in [1.807, 2.05) is 18.5 Å². The number of aromatic nitrogens is 3. The number of carbonyl (C=O) groups excluding carboxylic acids is 1. The van der Waals surface area contributed by atoms with Crippen molar-refractivity contribution in [1.82, 2.24) is 25.0 Å². The van der Waals surface area contributed by atoms with Crippen molar-refractivity contribution < 1.29 is 9.21 Å². The molecule has 1 aliphatic rings. The third-order valence-corrected chi connectivity index (χ3v) is 4.59. The predicted octanol–water partition coefficient (Wildman–Crippen LogP) is 2.25. The van der Waals surface area contributed by atoms with Gasteiger partial charge in [0.05, 0.1) is 18.0 Å². The maximum atomic E-state index is 12.0. The zero-order chi connectivity index (χ0) is 17.8. The first kappa shape index (κ1) is 16.5. The SMILES string of the molecule is O=C(NCCC1CN(Cc2cccnc2)Cc2ccnn21)c1ccco1. The average molecular weight is 351 g/mol.